The van der Waals surface area contributed by atoms with E-state index in [1.165, 1.54) is 65.7 Å². The zero-order chi connectivity index (χ0) is 22.9. The van der Waals surface area contributed by atoms with Gasteiger partial charge in [0.25, 0.3) is 0 Å². The zero-order valence-electron chi connectivity index (χ0n) is 19.6. The third-order valence-corrected chi connectivity index (χ3v) is 6.93. The van der Waals surface area contributed by atoms with Crippen molar-refractivity contribution in [3.05, 3.63) is 150 Å². The summed E-state index contributed by atoms with van der Waals surface area (Å²) in [5.74, 6) is 0. The van der Waals surface area contributed by atoms with Crippen LogP contribution >= 0.6 is 0 Å². The van der Waals surface area contributed by atoms with E-state index in [0.29, 0.717) is 0 Å². The molecule has 0 saturated carbocycles. The Morgan fingerprint density at radius 1 is 0.686 bits per heavy atom. The Labute approximate surface area is 235 Å². The number of hydrogen-bond donors (Lipinski definition) is 0. The average Bonchev–Trinajstić information content (AvgIpc) is 3.57. The number of halogens is 2. The van der Waals surface area contributed by atoms with E-state index in [4.69, 9.17) is 0 Å². The maximum atomic E-state index is 2.99. The number of aryl methyl sites for hydroxylation is 1. The van der Waals surface area contributed by atoms with Gasteiger partial charge in [-0.15, -0.1) is 46.2 Å². The van der Waals surface area contributed by atoms with Crippen LogP contribution in [0.15, 0.2) is 127 Å². The monoisotopic (exact) mass is 570 g/mol. The largest absolute Gasteiger partial charge is 1.00 e. The number of allylic oxidation sites excluding steroid dienone is 4. The van der Waals surface area contributed by atoms with E-state index < -0.39 is 0 Å². The van der Waals surface area contributed by atoms with Crippen molar-refractivity contribution in [2.45, 2.75) is 13.3 Å². The Kier molecular flexibility index (Phi) is 12.2. The Morgan fingerprint density at radius 3 is 1.69 bits per heavy atom. The number of fused-ring (bicyclic) bond motifs is 3. The van der Waals surface area contributed by atoms with Crippen LogP contribution in [0.3, 0.4) is 0 Å². The van der Waals surface area contributed by atoms with Gasteiger partial charge in [0.05, 0.1) is 0 Å². The topological polar surface area (TPSA) is 0 Å². The second kappa shape index (κ2) is 14.8. The first-order valence-corrected chi connectivity index (χ1v) is 12.4. The standard InChI is InChI=1S/C14H12.C13H9.C5H5.2ClH.Zr/c1-12-7-9-14(10-8-12)11-13-5-3-2-4-6-13;1-3-7-12-10(5-1)9-11-6-2-4-8-13(11)12;1-2-4-5-3-1;;;/h2-10H,1H3;1-9H;1-3H,4H2;2*1H;/q;2*-1;;;+2/p-2. The third kappa shape index (κ3) is 8.04. The van der Waals surface area contributed by atoms with Crippen LogP contribution in [-0.2, 0) is 24.2 Å². The van der Waals surface area contributed by atoms with Crippen LogP contribution in [0.25, 0.3) is 21.5 Å². The summed E-state index contributed by atoms with van der Waals surface area (Å²) >= 11 is 1.46. The van der Waals surface area contributed by atoms with Crippen molar-refractivity contribution >= 4 is 24.8 Å². The minimum absolute atomic E-state index is 0. The van der Waals surface area contributed by atoms with E-state index in [-0.39, 0.29) is 24.8 Å². The SMILES string of the molecule is Cc1ccc([C](=[Zr+2])c2ccccc2)cc1.[C-]1=CC=CC1.[Cl-].[Cl-].c1ccc2c(c1)[cH-]c1ccccc12. The third-order valence-electron chi connectivity index (χ3n) is 5.51. The van der Waals surface area contributed by atoms with Gasteiger partial charge in [-0.25, -0.2) is 12.2 Å². The van der Waals surface area contributed by atoms with Gasteiger partial charge in [0.15, 0.2) is 0 Å². The molecule has 3 heteroatoms. The minimum Gasteiger partial charge on any atom is -1.00 e. The fourth-order valence-electron chi connectivity index (χ4n) is 3.74. The Bertz CT molecular complexity index is 1330. The number of benzene rings is 4. The smallest absolute Gasteiger partial charge is 0.0771 e. The van der Waals surface area contributed by atoms with Gasteiger partial charge in [0, 0.05) is 0 Å². The van der Waals surface area contributed by atoms with Gasteiger partial charge in [-0.2, -0.15) is 6.08 Å². The molecule has 0 bridgehead atoms. The normalized spacial score (nSPS) is 10.9. The van der Waals surface area contributed by atoms with E-state index >= 15 is 0 Å². The van der Waals surface area contributed by atoms with E-state index in [2.05, 4.69) is 128 Å². The van der Waals surface area contributed by atoms with Crippen LogP contribution < -0.4 is 24.8 Å². The molecule has 0 nitrogen and oxygen atoms in total. The predicted molar refractivity (Wildman–Crippen MR) is 139 cm³/mol. The van der Waals surface area contributed by atoms with Crippen LogP contribution in [0.4, 0.5) is 0 Å². The second-order valence-electron chi connectivity index (χ2n) is 7.93. The summed E-state index contributed by atoms with van der Waals surface area (Å²) < 4.78 is 1.42. The van der Waals surface area contributed by atoms with Crippen molar-refractivity contribution in [2.24, 2.45) is 0 Å². The van der Waals surface area contributed by atoms with Crippen LogP contribution in [0, 0.1) is 13.0 Å². The Balaban J connectivity index is 0.000000198. The molecule has 0 amide bonds. The van der Waals surface area contributed by atoms with Crippen LogP contribution in [-0.4, -0.2) is 3.21 Å². The van der Waals surface area contributed by atoms with Gasteiger partial charge in [0.1, 0.15) is 0 Å². The Morgan fingerprint density at radius 2 is 1.20 bits per heavy atom. The first kappa shape index (κ1) is 28.8. The van der Waals surface area contributed by atoms with Crippen LogP contribution in [0.2, 0.25) is 0 Å². The van der Waals surface area contributed by atoms with E-state index in [1.54, 1.807) is 0 Å². The summed E-state index contributed by atoms with van der Waals surface area (Å²) in [7, 11) is 0. The van der Waals surface area contributed by atoms with Gasteiger partial charge >= 0.3 is 106 Å². The molecule has 0 fully saturated rings. The maximum absolute atomic E-state index is 2.99. The van der Waals surface area contributed by atoms with Crippen molar-refractivity contribution in [2.75, 3.05) is 0 Å². The van der Waals surface area contributed by atoms with Crippen molar-refractivity contribution in [3.63, 3.8) is 0 Å². The molecular formula is C32H26Cl2Zr-2. The molecule has 0 atom stereocenters. The van der Waals surface area contributed by atoms with Gasteiger partial charge in [0.2, 0.25) is 0 Å². The van der Waals surface area contributed by atoms with Gasteiger partial charge in [-0.3, -0.25) is 6.08 Å². The summed E-state index contributed by atoms with van der Waals surface area (Å²) in [5, 5.41) is 5.39. The molecule has 0 N–H and O–H groups in total. The molecule has 174 valence electrons. The van der Waals surface area contributed by atoms with E-state index in [1.807, 2.05) is 12.2 Å². The van der Waals surface area contributed by atoms with Crippen molar-refractivity contribution in [1.82, 2.24) is 0 Å². The minimum atomic E-state index is 0. The molecule has 1 aliphatic carbocycles. The quantitative estimate of drug-likeness (QED) is 0.285. The molecular weight excluding hydrogens is 546 g/mol. The van der Waals surface area contributed by atoms with E-state index in [9.17, 15) is 0 Å². The molecule has 0 aromatic heterocycles. The van der Waals surface area contributed by atoms with Crippen molar-refractivity contribution < 1.29 is 49.0 Å². The first-order valence-electron chi connectivity index (χ1n) is 11.2. The fraction of sp³-hybridized carbons (Fsp3) is 0.0625. The van der Waals surface area contributed by atoms with Crippen LogP contribution in [0.5, 0.6) is 0 Å². The summed E-state index contributed by atoms with van der Waals surface area (Å²) in [6.45, 7) is 2.12. The maximum Gasteiger partial charge on any atom is -0.0771 e. The summed E-state index contributed by atoms with van der Waals surface area (Å²) in [4.78, 5) is 0. The van der Waals surface area contributed by atoms with Gasteiger partial charge in [-0.1, -0.05) is 36.4 Å². The fourth-order valence-corrected chi connectivity index (χ4v) is 4.56. The first-order chi connectivity index (χ1) is 16.2. The predicted octanol–water partition coefficient (Wildman–Crippen LogP) is 2.14. The Hall–Kier alpha value is -2.44. The molecule has 0 aliphatic heterocycles. The van der Waals surface area contributed by atoms with Crippen molar-refractivity contribution in [1.29, 1.82) is 0 Å². The molecule has 0 spiro atoms. The molecule has 0 unspecified atom stereocenters. The number of hydrogen-bond acceptors (Lipinski definition) is 0. The molecule has 5 aromatic rings. The average molecular weight is 573 g/mol. The molecule has 0 radical (unpaired) electrons. The molecule has 6 rings (SSSR count). The zero-order valence-corrected chi connectivity index (χ0v) is 23.6. The van der Waals surface area contributed by atoms with Gasteiger partial charge in [-0.05, 0) is 0 Å². The van der Waals surface area contributed by atoms with Crippen LogP contribution in [0.1, 0.15) is 23.1 Å². The molecule has 35 heavy (non-hydrogen) atoms. The summed E-state index contributed by atoms with van der Waals surface area (Å²) in [6, 6.07) is 38.6. The van der Waals surface area contributed by atoms with Crippen molar-refractivity contribution in [3.8, 4) is 0 Å². The summed E-state index contributed by atoms with van der Waals surface area (Å²) in [6.07, 6.45) is 10.0. The summed E-state index contributed by atoms with van der Waals surface area (Å²) in [5.41, 5.74) is 3.99. The van der Waals surface area contributed by atoms with Gasteiger partial charge < -0.3 is 24.8 Å². The molecule has 1 aliphatic rings. The number of rotatable bonds is 2. The molecule has 0 heterocycles. The second-order valence-corrected chi connectivity index (χ2v) is 9.16. The van der Waals surface area contributed by atoms with E-state index in [0.717, 1.165) is 6.42 Å². The molecule has 0 saturated heterocycles. The molecule has 5 aromatic carbocycles.